The molecule has 0 atom stereocenters. The van der Waals surface area contributed by atoms with Crippen LogP contribution < -0.4 is 10.1 Å². The molecule has 0 fully saturated rings. The van der Waals surface area contributed by atoms with Crippen LogP contribution >= 0.6 is 0 Å². The van der Waals surface area contributed by atoms with Gasteiger partial charge in [-0.3, -0.25) is 0 Å². The number of fused-ring (bicyclic) bond motifs is 1. The molecule has 1 N–H and O–H groups in total. The molecule has 0 bridgehead atoms. The summed E-state index contributed by atoms with van der Waals surface area (Å²) in [4.78, 5) is 8.53. The van der Waals surface area contributed by atoms with Gasteiger partial charge in [-0.1, -0.05) is 6.07 Å². The quantitative estimate of drug-likeness (QED) is 0.788. The Morgan fingerprint density at radius 1 is 1.25 bits per heavy atom. The van der Waals surface area contributed by atoms with E-state index in [2.05, 4.69) is 15.3 Å². The molecule has 0 spiro atoms. The van der Waals surface area contributed by atoms with Crippen LogP contribution in [0.2, 0.25) is 0 Å². The normalized spacial score (nSPS) is 10.7. The number of hydrogen-bond acceptors (Lipinski definition) is 5. The summed E-state index contributed by atoms with van der Waals surface area (Å²) in [5, 5.41) is 5.36. The molecule has 0 aliphatic heterocycles. The van der Waals surface area contributed by atoms with Gasteiger partial charge in [-0.2, -0.15) is 0 Å². The summed E-state index contributed by atoms with van der Waals surface area (Å²) < 4.78 is 10.7. The molecular formula is C15H15N3O2. The molecule has 0 saturated heterocycles. The SMILES string of the molecule is COc1ccc2ccnc(NCc3ncc(C)o3)c2c1. The van der Waals surface area contributed by atoms with E-state index in [0.29, 0.717) is 12.4 Å². The lowest BCUT2D eigenvalue weighted by atomic mass is 10.1. The van der Waals surface area contributed by atoms with Gasteiger partial charge >= 0.3 is 0 Å². The van der Waals surface area contributed by atoms with Crippen LogP contribution in [0.4, 0.5) is 5.82 Å². The van der Waals surface area contributed by atoms with Crippen LogP contribution in [0.25, 0.3) is 10.8 Å². The van der Waals surface area contributed by atoms with Gasteiger partial charge in [0.2, 0.25) is 5.89 Å². The number of nitrogens with zero attached hydrogens (tertiary/aromatic N) is 2. The molecule has 0 amide bonds. The van der Waals surface area contributed by atoms with E-state index in [-0.39, 0.29) is 0 Å². The Morgan fingerprint density at radius 2 is 2.15 bits per heavy atom. The number of anilines is 1. The lowest BCUT2D eigenvalue weighted by Crippen LogP contribution is -2.02. The Bertz CT molecular complexity index is 737. The van der Waals surface area contributed by atoms with E-state index in [1.807, 2.05) is 31.2 Å². The Morgan fingerprint density at radius 3 is 2.90 bits per heavy atom. The first-order chi connectivity index (χ1) is 9.76. The maximum Gasteiger partial charge on any atom is 0.213 e. The first kappa shape index (κ1) is 12.5. The Hall–Kier alpha value is -2.56. The zero-order chi connectivity index (χ0) is 13.9. The number of pyridine rings is 1. The number of oxazole rings is 1. The largest absolute Gasteiger partial charge is 0.497 e. The van der Waals surface area contributed by atoms with Gasteiger partial charge in [0.25, 0.3) is 0 Å². The predicted molar refractivity (Wildman–Crippen MR) is 76.9 cm³/mol. The van der Waals surface area contributed by atoms with Crippen molar-refractivity contribution in [2.75, 3.05) is 12.4 Å². The molecule has 2 heterocycles. The number of aromatic nitrogens is 2. The summed E-state index contributed by atoms with van der Waals surface area (Å²) in [6, 6.07) is 7.88. The number of methoxy groups -OCH3 is 1. The Balaban J connectivity index is 1.90. The minimum atomic E-state index is 0.497. The van der Waals surface area contributed by atoms with E-state index in [1.165, 1.54) is 0 Å². The second-order valence-corrected chi connectivity index (χ2v) is 4.46. The molecular weight excluding hydrogens is 254 g/mol. The van der Waals surface area contributed by atoms with Gasteiger partial charge in [0, 0.05) is 11.6 Å². The van der Waals surface area contributed by atoms with Crippen molar-refractivity contribution in [3.63, 3.8) is 0 Å². The highest BCUT2D eigenvalue weighted by atomic mass is 16.5. The highest BCUT2D eigenvalue weighted by Gasteiger charge is 2.06. The van der Waals surface area contributed by atoms with E-state index >= 15 is 0 Å². The predicted octanol–water partition coefficient (Wildman–Crippen LogP) is 3.15. The standard InChI is InChI=1S/C15H15N3O2/c1-10-8-17-14(20-10)9-18-15-13-7-12(19-2)4-3-11(13)5-6-16-15/h3-8H,9H2,1-2H3,(H,16,18). The van der Waals surface area contributed by atoms with Crippen molar-refractivity contribution in [2.24, 2.45) is 0 Å². The molecule has 20 heavy (non-hydrogen) atoms. The molecule has 102 valence electrons. The summed E-state index contributed by atoms with van der Waals surface area (Å²) in [5.41, 5.74) is 0. The monoisotopic (exact) mass is 269 g/mol. The van der Waals surface area contributed by atoms with Crippen molar-refractivity contribution in [3.8, 4) is 5.75 Å². The average Bonchev–Trinajstić information content (AvgIpc) is 2.90. The third-order valence-electron chi connectivity index (χ3n) is 3.05. The van der Waals surface area contributed by atoms with Crippen LogP contribution in [0.3, 0.4) is 0 Å². The average molecular weight is 269 g/mol. The molecule has 0 aliphatic rings. The molecule has 0 aliphatic carbocycles. The fraction of sp³-hybridized carbons (Fsp3) is 0.200. The van der Waals surface area contributed by atoms with Gasteiger partial charge in [0.1, 0.15) is 17.3 Å². The Kier molecular flexibility index (Phi) is 3.25. The van der Waals surface area contributed by atoms with Crippen molar-refractivity contribution in [1.29, 1.82) is 0 Å². The van der Waals surface area contributed by atoms with Crippen molar-refractivity contribution in [3.05, 3.63) is 48.3 Å². The molecule has 0 radical (unpaired) electrons. The third kappa shape index (κ3) is 2.42. The third-order valence-corrected chi connectivity index (χ3v) is 3.05. The molecule has 0 saturated carbocycles. The van der Waals surface area contributed by atoms with Gasteiger partial charge in [-0.25, -0.2) is 9.97 Å². The van der Waals surface area contributed by atoms with Crippen LogP contribution in [0.15, 0.2) is 41.1 Å². The Labute approximate surface area is 116 Å². The fourth-order valence-electron chi connectivity index (χ4n) is 2.06. The number of nitrogens with one attached hydrogen (secondary N) is 1. The van der Waals surface area contributed by atoms with Gasteiger partial charge in [0.05, 0.1) is 19.9 Å². The zero-order valence-electron chi connectivity index (χ0n) is 11.4. The van der Waals surface area contributed by atoms with Crippen LogP contribution in [0, 0.1) is 6.92 Å². The first-order valence-corrected chi connectivity index (χ1v) is 6.34. The molecule has 5 heteroatoms. The van der Waals surface area contributed by atoms with E-state index in [4.69, 9.17) is 9.15 Å². The van der Waals surface area contributed by atoms with E-state index in [0.717, 1.165) is 28.1 Å². The van der Waals surface area contributed by atoms with Gasteiger partial charge in [0.15, 0.2) is 0 Å². The van der Waals surface area contributed by atoms with E-state index < -0.39 is 0 Å². The van der Waals surface area contributed by atoms with Crippen molar-refractivity contribution < 1.29 is 9.15 Å². The van der Waals surface area contributed by atoms with Gasteiger partial charge < -0.3 is 14.5 Å². The fourth-order valence-corrected chi connectivity index (χ4v) is 2.06. The number of ether oxygens (including phenoxy) is 1. The topological polar surface area (TPSA) is 60.2 Å². The summed E-state index contributed by atoms with van der Waals surface area (Å²) in [5.74, 6) is 3.04. The second-order valence-electron chi connectivity index (χ2n) is 4.46. The summed E-state index contributed by atoms with van der Waals surface area (Å²) in [7, 11) is 1.65. The van der Waals surface area contributed by atoms with Crippen molar-refractivity contribution in [2.45, 2.75) is 13.5 Å². The highest BCUT2D eigenvalue weighted by molar-refractivity contribution is 5.92. The summed E-state index contributed by atoms with van der Waals surface area (Å²) in [6.07, 6.45) is 3.48. The maximum atomic E-state index is 5.44. The van der Waals surface area contributed by atoms with Crippen LogP contribution in [0.1, 0.15) is 11.7 Å². The maximum absolute atomic E-state index is 5.44. The number of hydrogen-bond donors (Lipinski definition) is 1. The van der Waals surface area contributed by atoms with E-state index in [9.17, 15) is 0 Å². The first-order valence-electron chi connectivity index (χ1n) is 6.34. The zero-order valence-corrected chi connectivity index (χ0v) is 11.4. The van der Waals surface area contributed by atoms with Gasteiger partial charge in [-0.15, -0.1) is 0 Å². The molecule has 5 nitrogen and oxygen atoms in total. The summed E-state index contributed by atoms with van der Waals surface area (Å²) >= 11 is 0. The smallest absolute Gasteiger partial charge is 0.213 e. The van der Waals surface area contributed by atoms with Crippen LogP contribution in [0.5, 0.6) is 5.75 Å². The molecule has 3 rings (SSSR count). The minimum Gasteiger partial charge on any atom is -0.497 e. The van der Waals surface area contributed by atoms with Crippen molar-refractivity contribution in [1.82, 2.24) is 9.97 Å². The van der Waals surface area contributed by atoms with Crippen molar-refractivity contribution >= 4 is 16.6 Å². The molecule has 2 aromatic heterocycles. The molecule has 3 aromatic rings. The van der Waals surface area contributed by atoms with Crippen LogP contribution in [-0.2, 0) is 6.54 Å². The number of benzene rings is 1. The minimum absolute atomic E-state index is 0.497. The second kappa shape index (κ2) is 5.21. The summed E-state index contributed by atoms with van der Waals surface area (Å²) in [6.45, 7) is 2.37. The van der Waals surface area contributed by atoms with Gasteiger partial charge in [-0.05, 0) is 30.5 Å². The van der Waals surface area contributed by atoms with E-state index in [1.54, 1.807) is 19.5 Å². The highest BCUT2D eigenvalue weighted by Crippen LogP contribution is 2.25. The number of aryl methyl sites for hydroxylation is 1. The van der Waals surface area contributed by atoms with Crippen LogP contribution in [-0.4, -0.2) is 17.1 Å². The lowest BCUT2D eigenvalue weighted by Gasteiger charge is -2.08. The molecule has 0 unspecified atom stereocenters. The number of rotatable bonds is 4. The lowest BCUT2D eigenvalue weighted by molar-refractivity contribution is 0.415. The molecule has 1 aromatic carbocycles.